The summed E-state index contributed by atoms with van der Waals surface area (Å²) in [6, 6.07) is 8.37. The molecule has 1 atom stereocenters. The number of carbonyl (C=O) groups excluding carboxylic acids is 1. The van der Waals surface area contributed by atoms with Crippen LogP contribution in [0, 0.1) is 0 Å². The molecule has 0 radical (unpaired) electrons. The minimum Gasteiger partial charge on any atom is -0.378 e. The van der Waals surface area contributed by atoms with Gasteiger partial charge in [0.05, 0.1) is 11.9 Å². The Bertz CT molecular complexity index is 1150. The van der Waals surface area contributed by atoms with Gasteiger partial charge in [0.1, 0.15) is 0 Å². The van der Waals surface area contributed by atoms with Crippen molar-refractivity contribution in [3.63, 3.8) is 0 Å². The number of nitrogens with one attached hydrogen (secondary N) is 1. The molecule has 1 amide bonds. The van der Waals surface area contributed by atoms with Crippen LogP contribution in [-0.4, -0.2) is 68.0 Å². The minimum atomic E-state index is -0.470. The van der Waals surface area contributed by atoms with E-state index in [9.17, 15) is 4.79 Å². The van der Waals surface area contributed by atoms with Gasteiger partial charge in [0.25, 0.3) is 5.91 Å². The number of benzene rings is 1. The van der Waals surface area contributed by atoms with Crippen molar-refractivity contribution in [2.75, 3.05) is 30.3 Å². The summed E-state index contributed by atoms with van der Waals surface area (Å²) in [6.07, 6.45) is 4.97. The number of nitrogens with two attached hydrogens (primary N) is 1. The highest BCUT2D eigenvalue weighted by Crippen LogP contribution is 2.23. The van der Waals surface area contributed by atoms with Crippen LogP contribution in [-0.2, 0) is 6.54 Å². The molecule has 1 unspecified atom stereocenters. The fraction of sp³-hybridized carbons (Fsp3) is 0.478. The summed E-state index contributed by atoms with van der Waals surface area (Å²) in [5.74, 6) is -0.198. The van der Waals surface area contributed by atoms with Crippen molar-refractivity contribution in [3.8, 4) is 5.82 Å². The van der Waals surface area contributed by atoms with Gasteiger partial charge in [-0.3, -0.25) is 9.69 Å². The van der Waals surface area contributed by atoms with Crippen LogP contribution in [0.5, 0.6) is 0 Å². The number of nitrogen functional groups attached to an aromatic ring is 1. The van der Waals surface area contributed by atoms with E-state index in [4.69, 9.17) is 10.4 Å². The molecule has 1 aliphatic rings. The van der Waals surface area contributed by atoms with Crippen molar-refractivity contribution >= 4 is 23.6 Å². The largest absolute Gasteiger partial charge is 0.378 e. The molecule has 3 heterocycles. The van der Waals surface area contributed by atoms with Crippen molar-refractivity contribution < 1.29 is 9.42 Å². The fourth-order valence-electron chi connectivity index (χ4n) is 4.29. The highest BCUT2D eigenvalue weighted by atomic mass is 16.6. The zero-order chi connectivity index (χ0) is 24.8. The Hall–Kier alpha value is -3.80. The monoisotopic (exact) mass is 480 g/mol. The highest BCUT2D eigenvalue weighted by molar-refractivity contribution is 5.94. The SMILES string of the molecule is CCN(CC)c1ccc(C=NNC(=O)c2nnn(-c3nonc3N)c2CN2CCCCC2C)cc1. The van der Waals surface area contributed by atoms with Gasteiger partial charge in [-0.1, -0.05) is 23.8 Å². The first kappa shape index (κ1) is 24.3. The first-order valence-corrected chi connectivity index (χ1v) is 12.0. The summed E-state index contributed by atoms with van der Waals surface area (Å²) in [4.78, 5) is 17.6. The maximum atomic E-state index is 13.0. The van der Waals surface area contributed by atoms with Crippen LogP contribution in [0.15, 0.2) is 34.0 Å². The summed E-state index contributed by atoms with van der Waals surface area (Å²) in [5.41, 5.74) is 11.2. The number of aromatic nitrogens is 5. The average Bonchev–Trinajstić information content (AvgIpc) is 3.48. The van der Waals surface area contributed by atoms with Crippen molar-refractivity contribution in [3.05, 3.63) is 41.2 Å². The van der Waals surface area contributed by atoms with Crippen LogP contribution in [0.25, 0.3) is 5.82 Å². The zero-order valence-electron chi connectivity index (χ0n) is 20.4. The van der Waals surface area contributed by atoms with Crippen LogP contribution >= 0.6 is 0 Å². The molecule has 2 aromatic heterocycles. The second kappa shape index (κ2) is 11.1. The zero-order valence-corrected chi connectivity index (χ0v) is 20.4. The molecule has 186 valence electrons. The molecule has 3 N–H and O–H groups in total. The lowest BCUT2D eigenvalue weighted by Crippen LogP contribution is -2.38. The first-order chi connectivity index (χ1) is 17.0. The predicted molar refractivity (Wildman–Crippen MR) is 132 cm³/mol. The van der Waals surface area contributed by atoms with Crippen molar-refractivity contribution in [1.82, 2.24) is 35.6 Å². The van der Waals surface area contributed by atoms with E-state index in [0.29, 0.717) is 18.3 Å². The van der Waals surface area contributed by atoms with Gasteiger partial charge in [0, 0.05) is 31.4 Å². The van der Waals surface area contributed by atoms with E-state index in [0.717, 1.165) is 43.7 Å². The van der Waals surface area contributed by atoms with E-state index in [1.807, 2.05) is 24.3 Å². The quantitative estimate of drug-likeness (QED) is 0.348. The number of hydrogen-bond donors (Lipinski definition) is 2. The van der Waals surface area contributed by atoms with Crippen molar-refractivity contribution in [1.29, 1.82) is 0 Å². The van der Waals surface area contributed by atoms with Crippen LogP contribution in [0.4, 0.5) is 11.5 Å². The number of amides is 1. The number of piperidine rings is 1. The summed E-state index contributed by atoms with van der Waals surface area (Å²) in [6.45, 7) is 9.68. The first-order valence-electron chi connectivity index (χ1n) is 12.0. The Morgan fingerprint density at radius 1 is 1.26 bits per heavy atom. The topological polar surface area (TPSA) is 144 Å². The van der Waals surface area contributed by atoms with E-state index < -0.39 is 5.91 Å². The second-order valence-electron chi connectivity index (χ2n) is 8.55. The van der Waals surface area contributed by atoms with Gasteiger partial charge in [-0.15, -0.1) is 5.10 Å². The number of hydrogen-bond acceptors (Lipinski definition) is 10. The molecule has 1 saturated heterocycles. The van der Waals surface area contributed by atoms with E-state index in [1.165, 1.54) is 11.1 Å². The number of likely N-dealkylation sites (tertiary alicyclic amines) is 1. The lowest BCUT2D eigenvalue weighted by molar-refractivity contribution is 0.0945. The molecule has 3 aromatic rings. The molecule has 12 heteroatoms. The van der Waals surface area contributed by atoms with Gasteiger partial charge < -0.3 is 10.6 Å². The van der Waals surface area contributed by atoms with Crippen molar-refractivity contribution in [2.45, 2.75) is 52.6 Å². The normalized spacial score (nSPS) is 16.6. The summed E-state index contributed by atoms with van der Waals surface area (Å²) >= 11 is 0. The smallest absolute Gasteiger partial charge is 0.293 e. The maximum absolute atomic E-state index is 13.0. The molecule has 1 fully saturated rings. The number of rotatable bonds is 9. The van der Waals surface area contributed by atoms with Crippen molar-refractivity contribution in [2.24, 2.45) is 5.10 Å². The molecule has 1 aromatic carbocycles. The summed E-state index contributed by atoms with van der Waals surface area (Å²) in [5, 5.41) is 19.8. The van der Waals surface area contributed by atoms with Gasteiger partial charge in [0.15, 0.2) is 5.69 Å². The number of carbonyl (C=O) groups is 1. The molecule has 4 rings (SSSR count). The standard InChI is InChI=1S/C23H32N10O2/c1-4-31(5-2)18-11-9-17(10-12-18)14-25-27-23(34)20-19(15-32-13-7-6-8-16(32)3)33(30-26-20)22-21(24)28-35-29-22/h9-12,14,16H,4-8,13,15H2,1-3H3,(H2,24,28)(H,27,34). The van der Waals surface area contributed by atoms with Crippen LogP contribution < -0.4 is 16.1 Å². The van der Waals surface area contributed by atoms with Gasteiger partial charge in [-0.05, 0) is 68.2 Å². The Balaban J connectivity index is 1.52. The third kappa shape index (κ3) is 5.48. The molecule has 0 aliphatic carbocycles. The van der Waals surface area contributed by atoms with Crippen LogP contribution in [0.1, 0.15) is 61.8 Å². The van der Waals surface area contributed by atoms with Gasteiger partial charge in [-0.2, -0.15) is 9.78 Å². The molecule has 0 bridgehead atoms. The molecular weight excluding hydrogens is 448 g/mol. The van der Waals surface area contributed by atoms with Gasteiger partial charge >= 0.3 is 0 Å². The van der Waals surface area contributed by atoms with E-state index in [2.05, 4.69) is 61.7 Å². The Labute approximate surface area is 204 Å². The number of anilines is 2. The third-order valence-electron chi connectivity index (χ3n) is 6.37. The van der Waals surface area contributed by atoms with E-state index >= 15 is 0 Å². The minimum absolute atomic E-state index is 0.0704. The second-order valence-corrected chi connectivity index (χ2v) is 8.55. The molecule has 0 saturated carbocycles. The predicted octanol–water partition coefficient (Wildman–Crippen LogP) is 2.22. The molecule has 0 spiro atoms. The summed E-state index contributed by atoms with van der Waals surface area (Å²) in [7, 11) is 0. The van der Waals surface area contributed by atoms with E-state index in [-0.39, 0.29) is 17.3 Å². The molecule has 35 heavy (non-hydrogen) atoms. The number of hydrazone groups is 1. The maximum Gasteiger partial charge on any atom is 0.293 e. The van der Waals surface area contributed by atoms with E-state index in [1.54, 1.807) is 6.21 Å². The average molecular weight is 481 g/mol. The molecule has 12 nitrogen and oxygen atoms in total. The van der Waals surface area contributed by atoms with Crippen LogP contribution in [0.2, 0.25) is 0 Å². The van der Waals surface area contributed by atoms with Gasteiger partial charge in [-0.25, -0.2) is 10.1 Å². The Morgan fingerprint density at radius 3 is 2.69 bits per heavy atom. The Morgan fingerprint density at radius 2 is 2.03 bits per heavy atom. The molecular formula is C23H32N10O2. The molecule has 1 aliphatic heterocycles. The van der Waals surface area contributed by atoms with Gasteiger partial charge in [0.2, 0.25) is 11.6 Å². The number of nitrogens with zero attached hydrogens (tertiary/aromatic N) is 8. The fourth-order valence-corrected chi connectivity index (χ4v) is 4.29. The van der Waals surface area contributed by atoms with Crippen LogP contribution in [0.3, 0.4) is 0 Å². The summed E-state index contributed by atoms with van der Waals surface area (Å²) < 4.78 is 6.15. The third-order valence-corrected chi connectivity index (χ3v) is 6.37. The lowest BCUT2D eigenvalue weighted by Gasteiger charge is -2.33. The Kier molecular flexibility index (Phi) is 7.70. The lowest BCUT2D eigenvalue weighted by atomic mass is 10.0. The highest BCUT2D eigenvalue weighted by Gasteiger charge is 2.28.